The van der Waals surface area contributed by atoms with Crippen LogP contribution in [0.5, 0.6) is 0 Å². The molecule has 1 aromatic rings. The zero-order chi connectivity index (χ0) is 11.5. The van der Waals surface area contributed by atoms with Gasteiger partial charge in [-0.2, -0.15) is 0 Å². The van der Waals surface area contributed by atoms with Gasteiger partial charge in [-0.25, -0.2) is 13.4 Å². The van der Waals surface area contributed by atoms with Crippen LogP contribution in [-0.4, -0.2) is 19.2 Å². The van der Waals surface area contributed by atoms with E-state index in [2.05, 4.69) is 4.98 Å². The topological polar surface area (TPSA) is 73.0 Å². The first-order valence-corrected chi connectivity index (χ1v) is 6.60. The van der Waals surface area contributed by atoms with Gasteiger partial charge in [-0.1, -0.05) is 13.8 Å². The summed E-state index contributed by atoms with van der Waals surface area (Å²) < 4.78 is 23.1. The number of aromatic nitrogens is 1. The molecule has 0 fully saturated rings. The van der Waals surface area contributed by atoms with Crippen LogP contribution in [-0.2, 0) is 9.84 Å². The molecule has 0 amide bonds. The number of pyridine rings is 1. The first kappa shape index (κ1) is 12.1. The Morgan fingerprint density at radius 3 is 2.67 bits per heavy atom. The van der Waals surface area contributed by atoms with Gasteiger partial charge in [0.2, 0.25) is 0 Å². The number of hydrogen-bond donors (Lipinski definition) is 1. The molecule has 1 heterocycles. The van der Waals surface area contributed by atoms with Crippen LogP contribution in [0.4, 0.5) is 0 Å². The van der Waals surface area contributed by atoms with Crippen LogP contribution in [0, 0.1) is 0 Å². The van der Waals surface area contributed by atoms with Crippen molar-refractivity contribution >= 4 is 9.84 Å². The van der Waals surface area contributed by atoms with Crippen molar-refractivity contribution in [2.24, 2.45) is 5.73 Å². The Hall–Kier alpha value is -0.940. The van der Waals surface area contributed by atoms with E-state index in [4.69, 9.17) is 5.73 Å². The molecule has 0 saturated carbocycles. The average Bonchev–Trinajstić information content (AvgIpc) is 2.28. The third kappa shape index (κ3) is 2.76. The van der Waals surface area contributed by atoms with E-state index in [1.807, 2.05) is 6.92 Å². The van der Waals surface area contributed by atoms with Gasteiger partial charge in [-0.05, 0) is 24.1 Å². The maximum Gasteiger partial charge on any atom is 0.195 e. The Morgan fingerprint density at radius 2 is 2.13 bits per heavy atom. The molecule has 0 unspecified atom stereocenters. The van der Waals surface area contributed by atoms with Crippen LogP contribution < -0.4 is 5.73 Å². The average molecular weight is 228 g/mol. The Labute approximate surface area is 90.4 Å². The van der Waals surface area contributed by atoms with Crippen LogP contribution in [0.25, 0.3) is 0 Å². The van der Waals surface area contributed by atoms with Gasteiger partial charge in [-0.15, -0.1) is 0 Å². The lowest BCUT2D eigenvalue weighted by molar-refractivity contribution is 0.592. The van der Waals surface area contributed by atoms with Crippen molar-refractivity contribution in [2.45, 2.75) is 31.3 Å². The summed E-state index contributed by atoms with van der Waals surface area (Å²) in [5.41, 5.74) is 6.64. The van der Waals surface area contributed by atoms with E-state index in [-0.39, 0.29) is 16.8 Å². The van der Waals surface area contributed by atoms with Crippen molar-refractivity contribution in [1.29, 1.82) is 0 Å². The molecule has 2 N–H and O–H groups in total. The molecule has 0 aliphatic rings. The van der Waals surface area contributed by atoms with Crippen molar-refractivity contribution in [2.75, 3.05) is 5.75 Å². The minimum atomic E-state index is -3.23. The fourth-order valence-corrected chi connectivity index (χ4v) is 2.04. The lowest BCUT2D eigenvalue weighted by atomic mass is 10.1. The van der Waals surface area contributed by atoms with Crippen LogP contribution in [0.1, 0.15) is 31.9 Å². The molecule has 1 aromatic heterocycles. The van der Waals surface area contributed by atoms with Crippen LogP contribution in [0.15, 0.2) is 23.4 Å². The summed E-state index contributed by atoms with van der Waals surface area (Å²) in [4.78, 5) is 3.86. The third-order valence-electron chi connectivity index (χ3n) is 2.33. The fraction of sp³-hybridized carbons (Fsp3) is 0.500. The number of nitrogens with zero attached hydrogens (tertiary/aromatic N) is 1. The van der Waals surface area contributed by atoms with Crippen LogP contribution in [0.2, 0.25) is 0 Å². The molecule has 1 atom stereocenters. The van der Waals surface area contributed by atoms with Crippen molar-refractivity contribution in [1.82, 2.24) is 4.98 Å². The first-order valence-electron chi connectivity index (χ1n) is 4.95. The predicted octanol–water partition coefficient (Wildman–Crippen LogP) is 1.29. The molecular weight excluding hydrogens is 212 g/mol. The quantitative estimate of drug-likeness (QED) is 0.842. The molecule has 0 radical (unpaired) electrons. The number of rotatable bonds is 4. The summed E-state index contributed by atoms with van der Waals surface area (Å²) in [5.74, 6) is 0.0603. The number of hydrogen-bond acceptors (Lipinski definition) is 4. The second kappa shape index (κ2) is 4.72. The molecule has 0 spiro atoms. The second-order valence-electron chi connectivity index (χ2n) is 3.35. The SMILES string of the molecule is CC[C@H](N)c1ccnc(S(=O)(=O)CC)c1. The molecule has 84 valence electrons. The highest BCUT2D eigenvalue weighted by molar-refractivity contribution is 7.91. The number of sulfone groups is 1. The summed E-state index contributed by atoms with van der Waals surface area (Å²) in [6, 6.07) is 3.19. The minimum Gasteiger partial charge on any atom is -0.324 e. The minimum absolute atomic E-state index is 0.0603. The smallest absolute Gasteiger partial charge is 0.195 e. The highest BCUT2D eigenvalue weighted by Crippen LogP contribution is 2.16. The zero-order valence-electron chi connectivity index (χ0n) is 8.97. The molecule has 15 heavy (non-hydrogen) atoms. The molecule has 0 aliphatic carbocycles. The molecule has 5 heteroatoms. The molecule has 1 rings (SSSR count). The highest BCUT2D eigenvalue weighted by Gasteiger charge is 2.14. The van der Waals surface area contributed by atoms with E-state index in [0.717, 1.165) is 12.0 Å². The van der Waals surface area contributed by atoms with Crippen molar-refractivity contribution < 1.29 is 8.42 Å². The van der Waals surface area contributed by atoms with Gasteiger partial charge in [0, 0.05) is 12.2 Å². The molecule has 4 nitrogen and oxygen atoms in total. The Morgan fingerprint density at radius 1 is 1.47 bits per heavy atom. The van der Waals surface area contributed by atoms with E-state index < -0.39 is 9.84 Å². The third-order valence-corrected chi connectivity index (χ3v) is 3.95. The largest absolute Gasteiger partial charge is 0.324 e. The van der Waals surface area contributed by atoms with Crippen molar-refractivity contribution in [3.8, 4) is 0 Å². The lowest BCUT2D eigenvalue weighted by Crippen LogP contribution is -2.11. The predicted molar refractivity (Wildman–Crippen MR) is 59.2 cm³/mol. The Kier molecular flexibility index (Phi) is 3.82. The lowest BCUT2D eigenvalue weighted by Gasteiger charge is -2.09. The standard InChI is InChI=1S/C10H16N2O2S/c1-3-9(11)8-5-6-12-10(7-8)15(13,14)4-2/h5-7,9H,3-4,11H2,1-2H3/t9-/m0/s1. The zero-order valence-corrected chi connectivity index (χ0v) is 9.79. The molecule has 0 bridgehead atoms. The van der Waals surface area contributed by atoms with Crippen LogP contribution in [0.3, 0.4) is 0 Å². The van der Waals surface area contributed by atoms with Crippen LogP contribution >= 0.6 is 0 Å². The van der Waals surface area contributed by atoms with Gasteiger partial charge >= 0.3 is 0 Å². The monoisotopic (exact) mass is 228 g/mol. The van der Waals surface area contributed by atoms with Gasteiger partial charge in [-0.3, -0.25) is 0 Å². The van der Waals surface area contributed by atoms with E-state index in [9.17, 15) is 8.42 Å². The van der Waals surface area contributed by atoms with E-state index in [1.165, 1.54) is 6.20 Å². The summed E-state index contributed by atoms with van der Waals surface area (Å²) in [6.07, 6.45) is 2.27. The maximum absolute atomic E-state index is 11.6. The number of nitrogens with two attached hydrogens (primary N) is 1. The van der Waals surface area contributed by atoms with E-state index in [0.29, 0.717) is 0 Å². The fourth-order valence-electron chi connectivity index (χ4n) is 1.21. The normalized spacial score (nSPS) is 13.8. The van der Waals surface area contributed by atoms with E-state index in [1.54, 1.807) is 19.1 Å². The van der Waals surface area contributed by atoms with Gasteiger partial charge < -0.3 is 5.73 Å². The Balaban J connectivity index is 3.14. The Bertz CT molecular complexity index is 429. The second-order valence-corrected chi connectivity index (χ2v) is 5.57. The van der Waals surface area contributed by atoms with E-state index >= 15 is 0 Å². The highest BCUT2D eigenvalue weighted by atomic mass is 32.2. The molecule has 0 saturated heterocycles. The molecule has 0 aromatic carbocycles. The molecular formula is C10H16N2O2S. The van der Waals surface area contributed by atoms with Crippen molar-refractivity contribution in [3.63, 3.8) is 0 Å². The van der Waals surface area contributed by atoms with Gasteiger partial charge in [0.25, 0.3) is 0 Å². The molecule has 0 aliphatic heterocycles. The van der Waals surface area contributed by atoms with Crippen molar-refractivity contribution in [3.05, 3.63) is 23.9 Å². The summed E-state index contributed by atoms with van der Waals surface area (Å²) in [7, 11) is -3.23. The first-order chi connectivity index (χ1) is 7.01. The summed E-state index contributed by atoms with van der Waals surface area (Å²) >= 11 is 0. The van der Waals surface area contributed by atoms with Gasteiger partial charge in [0.1, 0.15) is 0 Å². The summed E-state index contributed by atoms with van der Waals surface area (Å²) in [5, 5.41) is 0.117. The maximum atomic E-state index is 11.6. The summed E-state index contributed by atoms with van der Waals surface area (Å²) in [6.45, 7) is 3.56. The van der Waals surface area contributed by atoms with Gasteiger partial charge in [0.05, 0.1) is 5.75 Å². The van der Waals surface area contributed by atoms with Gasteiger partial charge in [0.15, 0.2) is 14.9 Å².